The van der Waals surface area contributed by atoms with Crippen LogP contribution in [0.25, 0.3) is 0 Å². The van der Waals surface area contributed by atoms with E-state index in [0.29, 0.717) is 36.9 Å². The van der Waals surface area contributed by atoms with Gasteiger partial charge in [-0.3, -0.25) is 9.59 Å². The van der Waals surface area contributed by atoms with Gasteiger partial charge < -0.3 is 15.0 Å². The van der Waals surface area contributed by atoms with E-state index in [4.69, 9.17) is 11.6 Å². The van der Waals surface area contributed by atoms with Crippen molar-refractivity contribution in [2.45, 2.75) is 57.9 Å². The van der Waals surface area contributed by atoms with E-state index in [0.717, 1.165) is 31.4 Å². The fraction of sp³-hybridized carbons (Fsp3) is 0.483. The Balaban J connectivity index is 1.46. The fourth-order valence-electron chi connectivity index (χ4n) is 5.90. The Labute approximate surface area is 222 Å². The highest BCUT2D eigenvalue weighted by molar-refractivity contribution is 6.30. The van der Waals surface area contributed by atoms with E-state index in [1.165, 1.54) is 18.7 Å². The molecular formula is C29H34ClFN2O4. The molecule has 2 fully saturated rings. The molecule has 1 N–H and O–H groups in total. The maximum absolute atomic E-state index is 14.1. The maximum atomic E-state index is 14.1. The maximum Gasteiger partial charge on any atom is 0.337 e. The normalized spacial score (nSPS) is 23.3. The summed E-state index contributed by atoms with van der Waals surface area (Å²) in [6.07, 6.45) is 4.03. The summed E-state index contributed by atoms with van der Waals surface area (Å²) >= 11 is 6.08. The number of esters is 1. The third kappa shape index (κ3) is 6.15. The average Bonchev–Trinajstić information content (AvgIpc) is 2.88. The van der Waals surface area contributed by atoms with E-state index in [1.807, 2.05) is 17.0 Å². The van der Waals surface area contributed by atoms with Crippen molar-refractivity contribution in [3.63, 3.8) is 0 Å². The highest BCUT2D eigenvalue weighted by Gasteiger charge is 2.42. The molecule has 37 heavy (non-hydrogen) atoms. The minimum Gasteiger partial charge on any atom is -0.465 e. The van der Waals surface area contributed by atoms with Gasteiger partial charge in [-0.05, 0) is 66.5 Å². The van der Waals surface area contributed by atoms with Crippen LogP contribution in [0.3, 0.4) is 0 Å². The molecule has 2 aliphatic rings. The van der Waals surface area contributed by atoms with Crippen molar-refractivity contribution in [3.05, 3.63) is 70.0 Å². The summed E-state index contributed by atoms with van der Waals surface area (Å²) in [5.41, 5.74) is 1.10. The molecule has 2 amide bonds. The molecule has 6 nitrogen and oxygen atoms in total. The lowest BCUT2D eigenvalue weighted by atomic mass is 9.70. The summed E-state index contributed by atoms with van der Waals surface area (Å²) in [5.74, 6) is -1.89. The van der Waals surface area contributed by atoms with E-state index < -0.39 is 17.7 Å². The van der Waals surface area contributed by atoms with Crippen LogP contribution in [0, 0.1) is 17.2 Å². The molecule has 0 aromatic heterocycles. The lowest BCUT2D eigenvalue weighted by molar-refractivity contribution is -0.141. The van der Waals surface area contributed by atoms with Gasteiger partial charge in [0.05, 0.1) is 18.6 Å². The van der Waals surface area contributed by atoms with Crippen LogP contribution in [0.5, 0.6) is 0 Å². The van der Waals surface area contributed by atoms with Gasteiger partial charge in [-0.2, -0.15) is 0 Å². The molecule has 3 atom stereocenters. The zero-order valence-electron chi connectivity index (χ0n) is 21.6. The van der Waals surface area contributed by atoms with Crippen LogP contribution in [0.2, 0.25) is 5.02 Å². The lowest BCUT2D eigenvalue weighted by Gasteiger charge is -2.46. The topological polar surface area (TPSA) is 75.7 Å². The largest absolute Gasteiger partial charge is 0.465 e. The highest BCUT2D eigenvalue weighted by atomic mass is 35.5. The second-order valence-corrected chi connectivity index (χ2v) is 11.3. The molecule has 1 aliphatic carbocycles. The third-order valence-electron chi connectivity index (χ3n) is 7.79. The number of halogens is 2. The Bertz CT molecular complexity index is 1170. The van der Waals surface area contributed by atoms with Gasteiger partial charge in [-0.15, -0.1) is 0 Å². The van der Waals surface area contributed by atoms with Gasteiger partial charge in [0, 0.05) is 29.7 Å². The molecule has 0 spiro atoms. The van der Waals surface area contributed by atoms with Gasteiger partial charge in [0.1, 0.15) is 5.82 Å². The number of carbonyl (C=O) groups excluding carboxylic acids is 3. The number of carbonyl (C=O) groups is 3. The van der Waals surface area contributed by atoms with Crippen LogP contribution >= 0.6 is 11.6 Å². The molecule has 4 rings (SSSR count). The minimum atomic E-state index is -0.719. The zero-order chi connectivity index (χ0) is 26.7. The van der Waals surface area contributed by atoms with Crippen LogP contribution in [-0.2, 0) is 9.53 Å². The second kappa shape index (κ2) is 11.2. The van der Waals surface area contributed by atoms with Gasteiger partial charge in [-0.1, -0.05) is 50.4 Å². The molecule has 1 aliphatic heterocycles. The standard InChI is InChI=1S/C29H34ClFN2O4/c1-29(2)17-33(13-12-24(29)18-8-10-21(30)11-9-18)27(35)23-6-4-5-7-25(23)32-26(34)19-14-20(28(36)37-3)16-22(31)15-19/h8-11,14-16,23-25H,4-7,12-13,17H2,1-3H3,(H,32,34). The number of rotatable bonds is 5. The summed E-state index contributed by atoms with van der Waals surface area (Å²) in [6, 6.07) is 11.0. The van der Waals surface area contributed by atoms with E-state index in [-0.39, 0.29) is 34.4 Å². The molecule has 3 unspecified atom stereocenters. The first kappa shape index (κ1) is 27.1. The van der Waals surface area contributed by atoms with Crippen LogP contribution in [-0.4, -0.2) is 48.9 Å². The van der Waals surface area contributed by atoms with E-state index in [9.17, 15) is 18.8 Å². The summed E-state index contributed by atoms with van der Waals surface area (Å²) < 4.78 is 18.8. The van der Waals surface area contributed by atoms with Crippen LogP contribution in [0.1, 0.15) is 78.1 Å². The number of likely N-dealkylation sites (tertiary alicyclic amines) is 1. The van der Waals surface area contributed by atoms with Crippen molar-refractivity contribution in [1.29, 1.82) is 0 Å². The number of nitrogens with one attached hydrogen (secondary N) is 1. The van der Waals surface area contributed by atoms with Crippen molar-refractivity contribution >= 4 is 29.4 Å². The Hall–Kier alpha value is -2.93. The molecule has 1 saturated heterocycles. The van der Waals surface area contributed by atoms with Crippen LogP contribution in [0.4, 0.5) is 4.39 Å². The van der Waals surface area contributed by atoms with E-state index in [1.54, 1.807) is 0 Å². The van der Waals surface area contributed by atoms with E-state index in [2.05, 4.69) is 36.0 Å². The predicted octanol–water partition coefficient (Wildman–Crippen LogP) is 5.60. The van der Waals surface area contributed by atoms with Crippen molar-refractivity contribution < 1.29 is 23.5 Å². The SMILES string of the molecule is COC(=O)c1cc(F)cc(C(=O)NC2CCCCC2C(=O)N2CCC(c3ccc(Cl)cc3)C(C)(C)C2)c1. The van der Waals surface area contributed by atoms with Crippen molar-refractivity contribution in [1.82, 2.24) is 10.2 Å². The first-order valence-corrected chi connectivity index (χ1v) is 13.2. The summed E-state index contributed by atoms with van der Waals surface area (Å²) in [6.45, 7) is 5.66. The molecule has 0 bridgehead atoms. The van der Waals surface area contributed by atoms with E-state index >= 15 is 0 Å². The molecule has 2 aromatic rings. The molecule has 8 heteroatoms. The van der Waals surface area contributed by atoms with Crippen molar-refractivity contribution in [3.8, 4) is 0 Å². The number of benzene rings is 2. The number of hydrogen-bond acceptors (Lipinski definition) is 4. The lowest BCUT2D eigenvalue weighted by Crippen LogP contribution is -2.54. The summed E-state index contributed by atoms with van der Waals surface area (Å²) in [4.78, 5) is 40.6. The summed E-state index contributed by atoms with van der Waals surface area (Å²) in [5, 5.41) is 3.67. The Kier molecular flexibility index (Phi) is 8.22. The number of hydrogen-bond donors (Lipinski definition) is 1. The molecule has 0 radical (unpaired) electrons. The third-order valence-corrected chi connectivity index (χ3v) is 8.05. The molecule has 198 valence electrons. The average molecular weight is 529 g/mol. The first-order valence-electron chi connectivity index (χ1n) is 12.8. The smallest absolute Gasteiger partial charge is 0.337 e. The number of amides is 2. The second-order valence-electron chi connectivity index (χ2n) is 10.8. The number of ether oxygens (including phenoxy) is 1. The quantitative estimate of drug-likeness (QED) is 0.513. The van der Waals surface area contributed by atoms with Gasteiger partial charge in [0.15, 0.2) is 0 Å². The number of methoxy groups -OCH3 is 1. The zero-order valence-corrected chi connectivity index (χ0v) is 22.3. The monoisotopic (exact) mass is 528 g/mol. The van der Waals surface area contributed by atoms with Crippen molar-refractivity contribution in [2.75, 3.05) is 20.2 Å². The van der Waals surface area contributed by atoms with Gasteiger partial charge in [0.2, 0.25) is 5.91 Å². The Morgan fingerprint density at radius 3 is 2.38 bits per heavy atom. The highest BCUT2D eigenvalue weighted by Crippen LogP contribution is 2.43. The summed E-state index contributed by atoms with van der Waals surface area (Å²) in [7, 11) is 1.20. The number of nitrogens with zero attached hydrogens (tertiary/aromatic N) is 1. The molecule has 2 aromatic carbocycles. The fourth-order valence-corrected chi connectivity index (χ4v) is 6.03. The van der Waals surface area contributed by atoms with Crippen molar-refractivity contribution in [2.24, 2.45) is 11.3 Å². The van der Waals surface area contributed by atoms with Gasteiger partial charge >= 0.3 is 5.97 Å². The molecule has 1 saturated carbocycles. The Morgan fingerprint density at radius 1 is 1.03 bits per heavy atom. The van der Waals surface area contributed by atoms with Gasteiger partial charge in [0.25, 0.3) is 5.91 Å². The molecule has 1 heterocycles. The van der Waals surface area contributed by atoms with Crippen LogP contribution < -0.4 is 5.32 Å². The van der Waals surface area contributed by atoms with Crippen LogP contribution in [0.15, 0.2) is 42.5 Å². The predicted molar refractivity (Wildman–Crippen MR) is 140 cm³/mol. The Morgan fingerprint density at radius 2 is 1.70 bits per heavy atom. The number of piperidine rings is 1. The van der Waals surface area contributed by atoms with Gasteiger partial charge in [-0.25, -0.2) is 9.18 Å². The molecular weight excluding hydrogens is 495 g/mol. The first-order chi connectivity index (χ1) is 17.6. The minimum absolute atomic E-state index is 0.0297.